The molecule has 0 aromatic carbocycles. The van der Waals surface area contributed by atoms with Gasteiger partial charge >= 0.3 is 0 Å². The third-order valence-corrected chi connectivity index (χ3v) is 2.75. The summed E-state index contributed by atoms with van der Waals surface area (Å²) in [6, 6.07) is 0. The molecule has 2 rings (SSSR count). The highest BCUT2D eigenvalue weighted by Crippen LogP contribution is 2.39. The Bertz CT molecular complexity index is 202. The number of hydrogen-bond acceptors (Lipinski definition) is 3. The lowest BCUT2D eigenvalue weighted by Gasteiger charge is -2.19. The molecule has 0 bridgehead atoms. The first kappa shape index (κ1) is 8.20. The minimum atomic E-state index is -0.848. The van der Waals surface area contributed by atoms with E-state index in [0.29, 0.717) is 6.42 Å². The molecule has 1 saturated carbocycles. The summed E-state index contributed by atoms with van der Waals surface area (Å²) in [6.45, 7) is 3.90. The summed E-state index contributed by atoms with van der Waals surface area (Å²) in [5.74, 6) is -0.725. The average Bonchev–Trinajstić information content (AvgIpc) is 2.45. The summed E-state index contributed by atoms with van der Waals surface area (Å²) >= 11 is 0. The lowest BCUT2D eigenvalue weighted by atomic mass is 10.2. The quantitative estimate of drug-likeness (QED) is 0.549. The molecule has 1 spiro atoms. The van der Waals surface area contributed by atoms with Crippen LogP contribution in [-0.2, 0) is 14.3 Å². The van der Waals surface area contributed by atoms with Crippen molar-refractivity contribution in [1.82, 2.24) is 0 Å². The first-order valence-corrected chi connectivity index (χ1v) is 4.53. The van der Waals surface area contributed by atoms with E-state index in [4.69, 9.17) is 9.47 Å². The van der Waals surface area contributed by atoms with E-state index in [1.54, 1.807) is 0 Å². The maximum absolute atomic E-state index is 11.4. The molecular weight excluding hydrogens is 156 g/mol. The first-order valence-electron chi connectivity index (χ1n) is 4.53. The molecule has 3 heteroatoms. The summed E-state index contributed by atoms with van der Waals surface area (Å²) in [5.41, 5.74) is 0. The van der Waals surface area contributed by atoms with E-state index >= 15 is 0 Å². The van der Waals surface area contributed by atoms with Crippen molar-refractivity contribution in [3.05, 3.63) is 0 Å². The molecule has 12 heavy (non-hydrogen) atoms. The van der Waals surface area contributed by atoms with Crippen LogP contribution in [-0.4, -0.2) is 23.8 Å². The maximum Gasteiger partial charge on any atom is 0.229 e. The van der Waals surface area contributed by atoms with Gasteiger partial charge < -0.3 is 9.47 Å². The van der Waals surface area contributed by atoms with E-state index in [9.17, 15) is 4.79 Å². The van der Waals surface area contributed by atoms with E-state index in [1.165, 1.54) is 0 Å². The highest BCUT2D eigenvalue weighted by molar-refractivity contribution is 5.88. The van der Waals surface area contributed by atoms with Crippen LogP contribution in [0.25, 0.3) is 0 Å². The smallest absolute Gasteiger partial charge is 0.229 e. The zero-order valence-electron chi connectivity index (χ0n) is 7.50. The van der Waals surface area contributed by atoms with Crippen LogP contribution in [0.2, 0.25) is 0 Å². The molecule has 1 aliphatic carbocycles. The van der Waals surface area contributed by atoms with Gasteiger partial charge in [0.25, 0.3) is 0 Å². The SMILES string of the molecule is CC1OC2(CCCC2=O)OC1C. The first-order chi connectivity index (χ1) is 5.64. The number of Topliss-reactive ketones (excluding diaryl/α,β-unsaturated/α-hetero) is 1. The van der Waals surface area contributed by atoms with Crippen molar-refractivity contribution < 1.29 is 14.3 Å². The Morgan fingerprint density at radius 2 is 1.92 bits per heavy atom. The second kappa shape index (κ2) is 2.54. The second-order valence-corrected chi connectivity index (χ2v) is 3.68. The van der Waals surface area contributed by atoms with Crippen LogP contribution in [0, 0.1) is 0 Å². The van der Waals surface area contributed by atoms with Gasteiger partial charge in [0.15, 0.2) is 5.78 Å². The van der Waals surface area contributed by atoms with Gasteiger partial charge in [-0.15, -0.1) is 0 Å². The minimum absolute atomic E-state index is 0.0482. The number of ketones is 1. The van der Waals surface area contributed by atoms with Crippen molar-refractivity contribution >= 4 is 5.78 Å². The second-order valence-electron chi connectivity index (χ2n) is 3.68. The summed E-state index contributed by atoms with van der Waals surface area (Å²) in [5, 5.41) is 0. The van der Waals surface area contributed by atoms with Gasteiger partial charge in [0.2, 0.25) is 5.79 Å². The lowest BCUT2D eigenvalue weighted by Crippen LogP contribution is -2.35. The Morgan fingerprint density at radius 1 is 1.33 bits per heavy atom. The topological polar surface area (TPSA) is 35.5 Å². The summed E-state index contributed by atoms with van der Waals surface area (Å²) in [6.07, 6.45) is 2.34. The van der Waals surface area contributed by atoms with E-state index in [2.05, 4.69) is 0 Å². The summed E-state index contributed by atoms with van der Waals surface area (Å²) in [7, 11) is 0. The Kier molecular flexibility index (Phi) is 1.73. The fraction of sp³-hybridized carbons (Fsp3) is 0.889. The zero-order valence-corrected chi connectivity index (χ0v) is 7.50. The standard InChI is InChI=1S/C9H14O3/c1-6-7(2)12-9(11-6)5-3-4-8(9)10/h6-7H,3-5H2,1-2H3. The van der Waals surface area contributed by atoms with Gasteiger partial charge in [-0.1, -0.05) is 0 Å². The van der Waals surface area contributed by atoms with Gasteiger partial charge in [-0.3, -0.25) is 4.79 Å². The van der Waals surface area contributed by atoms with Crippen LogP contribution in [0.5, 0.6) is 0 Å². The summed E-state index contributed by atoms with van der Waals surface area (Å²) < 4.78 is 11.1. The average molecular weight is 170 g/mol. The molecule has 68 valence electrons. The van der Waals surface area contributed by atoms with Gasteiger partial charge in [-0.25, -0.2) is 0 Å². The van der Waals surface area contributed by atoms with Crippen molar-refractivity contribution in [2.24, 2.45) is 0 Å². The van der Waals surface area contributed by atoms with Crippen molar-refractivity contribution in [3.8, 4) is 0 Å². The van der Waals surface area contributed by atoms with Crippen LogP contribution in [0.1, 0.15) is 33.1 Å². The molecule has 1 aliphatic heterocycles. The van der Waals surface area contributed by atoms with Crippen molar-refractivity contribution in [3.63, 3.8) is 0 Å². The molecule has 2 fully saturated rings. The normalized spacial score (nSPS) is 47.7. The van der Waals surface area contributed by atoms with Crippen LogP contribution in [0.4, 0.5) is 0 Å². The molecular formula is C9H14O3. The molecule has 0 amide bonds. The molecule has 0 N–H and O–H groups in total. The van der Waals surface area contributed by atoms with E-state index in [-0.39, 0.29) is 18.0 Å². The van der Waals surface area contributed by atoms with Crippen molar-refractivity contribution in [2.45, 2.75) is 51.1 Å². The minimum Gasteiger partial charge on any atom is -0.338 e. The Hall–Kier alpha value is -0.410. The number of ether oxygens (including phenoxy) is 2. The van der Waals surface area contributed by atoms with E-state index in [0.717, 1.165) is 12.8 Å². The largest absolute Gasteiger partial charge is 0.338 e. The molecule has 0 aromatic heterocycles. The molecule has 1 saturated heterocycles. The predicted molar refractivity (Wildman–Crippen MR) is 42.7 cm³/mol. The van der Waals surface area contributed by atoms with Gasteiger partial charge in [-0.2, -0.15) is 0 Å². The molecule has 1 heterocycles. The van der Waals surface area contributed by atoms with Gasteiger partial charge in [0.05, 0.1) is 12.2 Å². The predicted octanol–water partition coefficient (Wildman–Crippen LogP) is 1.26. The van der Waals surface area contributed by atoms with Crippen molar-refractivity contribution in [1.29, 1.82) is 0 Å². The fourth-order valence-corrected chi connectivity index (χ4v) is 1.88. The number of carbonyl (C=O) groups excluding carboxylic acids is 1. The highest BCUT2D eigenvalue weighted by atomic mass is 16.8. The molecule has 2 aliphatic rings. The van der Waals surface area contributed by atoms with Crippen LogP contribution < -0.4 is 0 Å². The van der Waals surface area contributed by atoms with Gasteiger partial charge in [-0.05, 0) is 20.3 Å². The van der Waals surface area contributed by atoms with E-state index < -0.39 is 5.79 Å². The molecule has 2 unspecified atom stereocenters. The zero-order chi connectivity index (χ0) is 8.77. The fourth-order valence-electron chi connectivity index (χ4n) is 1.88. The molecule has 0 aromatic rings. The van der Waals surface area contributed by atoms with Gasteiger partial charge in [0.1, 0.15) is 0 Å². The van der Waals surface area contributed by atoms with Crippen LogP contribution in [0.15, 0.2) is 0 Å². The maximum atomic E-state index is 11.4. The third-order valence-electron chi connectivity index (χ3n) is 2.75. The molecule has 0 radical (unpaired) electrons. The lowest BCUT2D eigenvalue weighted by molar-refractivity contribution is -0.181. The van der Waals surface area contributed by atoms with Crippen molar-refractivity contribution in [2.75, 3.05) is 0 Å². The van der Waals surface area contributed by atoms with Crippen LogP contribution in [0.3, 0.4) is 0 Å². The van der Waals surface area contributed by atoms with Gasteiger partial charge in [0, 0.05) is 12.8 Å². The summed E-state index contributed by atoms with van der Waals surface area (Å²) in [4.78, 5) is 11.4. The molecule has 3 nitrogen and oxygen atoms in total. The Balaban J connectivity index is 2.18. The highest BCUT2D eigenvalue weighted by Gasteiger charge is 2.52. The monoisotopic (exact) mass is 170 g/mol. The Labute approximate surface area is 72.0 Å². The number of hydrogen-bond donors (Lipinski definition) is 0. The number of rotatable bonds is 0. The third kappa shape index (κ3) is 1.00. The van der Waals surface area contributed by atoms with E-state index in [1.807, 2.05) is 13.8 Å². The Morgan fingerprint density at radius 3 is 2.33 bits per heavy atom. The van der Waals surface area contributed by atoms with Crippen LogP contribution >= 0.6 is 0 Å². The molecule has 2 atom stereocenters. The number of carbonyl (C=O) groups is 1.